The molecule has 0 aliphatic heterocycles. The van der Waals surface area contributed by atoms with Crippen LogP contribution in [0, 0.1) is 0 Å². The molecule has 3 rings (SSSR count). The normalized spacial score (nSPS) is 11.2. The Kier molecular flexibility index (Phi) is 9.39. The second-order valence-electron chi connectivity index (χ2n) is 7.04. The van der Waals surface area contributed by atoms with Crippen LogP contribution in [0.25, 0.3) is 11.2 Å². The van der Waals surface area contributed by atoms with E-state index in [2.05, 4.69) is 25.3 Å². The minimum Gasteiger partial charge on any atom is -0.550 e. The zero-order chi connectivity index (χ0) is 24.8. The molecule has 176 valence electrons. The number of aromatic nitrogens is 4. The molecule has 35 heavy (non-hydrogen) atoms. The summed E-state index contributed by atoms with van der Waals surface area (Å²) in [5, 5.41) is 21.9. The number of carboxylic acid groups (broad SMARTS) is 2. The Bertz CT molecular complexity index is 1310. The van der Waals surface area contributed by atoms with Crippen LogP contribution in [0.1, 0.15) is 28.9 Å². The SMILES string of the molecule is Nc1nc2ncc(CN(C=O)c3ccc(C(=O)N[C@@H](CCC(=O)[O-])C(=O)O)cc3)nc2c(=O)[nH]1.[Na+]. The van der Waals surface area contributed by atoms with Crippen LogP contribution in [0.2, 0.25) is 0 Å². The number of nitrogens with one attached hydrogen (secondary N) is 2. The van der Waals surface area contributed by atoms with E-state index in [1.54, 1.807) is 0 Å². The van der Waals surface area contributed by atoms with E-state index in [9.17, 15) is 29.1 Å². The van der Waals surface area contributed by atoms with Crippen LogP contribution in [0.4, 0.5) is 11.6 Å². The van der Waals surface area contributed by atoms with Gasteiger partial charge in [-0.15, -0.1) is 0 Å². The van der Waals surface area contributed by atoms with Gasteiger partial charge in [-0.05, 0) is 37.1 Å². The molecule has 0 unspecified atom stereocenters. The minimum atomic E-state index is -1.43. The van der Waals surface area contributed by atoms with Crippen LogP contribution in [0.3, 0.4) is 0 Å². The number of benzene rings is 1. The van der Waals surface area contributed by atoms with Crippen molar-refractivity contribution >= 4 is 47.1 Å². The van der Waals surface area contributed by atoms with E-state index < -0.39 is 35.9 Å². The summed E-state index contributed by atoms with van der Waals surface area (Å²) < 4.78 is 0. The Morgan fingerprint density at radius 1 is 1.23 bits per heavy atom. The van der Waals surface area contributed by atoms with E-state index in [0.29, 0.717) is 12.1 Å². The summed E-state index contributed by atoms with van der Waals surface area (Å²) in [7, 11) is 0. The van der Waals surface area contributed by atoms with Crippen LogP contribution >= 0.6 is 0 Å². The van der Waals surface area contributed by atoms with Gasteiger partial charge < -0.3 is 31.0 Å². The fourth-order valence-electron chi connectivity index (χ4n) is 2.98. The number of amides is 2. The maximum atomic E-state index is 12.3. The average Bonchev–Trinajstić information content (AvgIpc) is 2.80. The van der Waals surface area contributed by atoms with E-state index in [1.165, 1.54) is 35.4 Å². The molecule has 14 nitrogen and oxygen atoms in total. The van der Waals surface area contributed by atoms with E-state index in [-0.39, 0.29) is 70.9 Å². The first kappa shape index (κ1) is 27.4. The van der Waals surface area contributed by atoms with Crippen LogP contribution < -0.4 is 56.2 Å². The number of aliphatic carboxylic acids is 2. The number of fused-ring (bicyclic) bond motifs is 1. The summed E-state index contributed by atoms with van der Waals surface area (Å²) in [4.78, 5) is 73.4. The Morgan fingerprint density at radius 3 is 2.51 bits per heavy atom. The fraction of sp³-hybridized carbons (Fsp3) is 0.200. The van der Waals surface area contributed by atoms with Gasteiger partial charge in [-0.3, -0.25) is 19.4 Å². The number of aromatic amines is 1. The first-order valence-electron chi connectivity index (χ1n) is 9.75. The van der Waals surface area contributed by atoms with Gasteiger partial charge in [0.15, 0.2) is 11.2 Å². The van der Waals surface area contributed by atoms with Gasteiger partial charge >= 0.3 is 35.5 Å². The van der Waals surface area contributed by atoms with Crippen molar-refractivity contribution in [2.75, 3.05) is 10.6 Å². The van der Waals surface area contributed by atoms with Crippen molar-refractivity contribution in [1.29, 1.82) is 0 Å². The number of rotatable bonds is 10. The van der Waals surface area contributed by atoms with E-state index in [0.717, 1.165) is 0 Å². The van der Waals surface area contributed by atoms with Crippen molar-refractivity contribution in [3.8, 4) is 0 Å². The van der Waals surface area contributed by atoms with Gasteiger partial charge in [0.2, 0.25) is 12.4 Å². The van der Waals surface area contributed by atoms with Gasteiger partial charge in [0.25, 0.3) is 11.5 Å². The molecule has 0 spiro atoms. The zero-order valence-electron chi connectivity index (χ0n) is 18.4. The van der Waals surface area contributed by atoms with Gasteiger partial charge in [0.1, 0.15) is 6.04 Å². The van der Waals surface area contributed by atoms with Crippen molar-refractivity contribution in [2.45, 2.75) is 25.4 Å². The number of hydrogen-bond donors (Lipinski definition) is 4. The third kappa shape index (κ3) is 7.05. The number of carbonyl (C=O) groups excluding carboxylic acids is 3. The van der Waals surface area contributed by atoms with Gasteiger partial charge in [0.05, 0.1) is 18.4 Å². The van der Waals surface area contributed by atoms with Crippen LogP contribution in [-0.4, -0.2) is 55.3 Å². The number of nitrogen functional groups attached to an aromatic ring is 1. The van der Waals surface area contributed by atoms with Gasteiger partial charge in [-0.1, -0.05) is 0 Å². The average molecular weight is 491 g/mol. The van der Waals surface area contributed by atoms with Gasteiger partial charge in [-0.2, -0.15) is 4.98 Å². The number of carboxylic acids is 2. The number of hydrogen-bond acceptors (Lipinski definition) is 10. The molecule has 0 bridgehead atoms. The van der Waals surface area contributed by atoms with Crippen molar-refractivity contribution in [1.82, 2.24) is 25.3 Å². The number of nitrogens with two attached hydrogens (primary N) is 1. The number of carbonyl (C=O) groups is 4. The second-order valence-corrected chi connectivity index (χ2v) is 7.04. The quantitative estimate of drug-likeness (QED) is 0.155. The molecular weight excluding hydrogens is 473 g/mol. The molecule has 5 N–H and O–H groups in total. The van der Waals surface area contributed by atoms with Crippen molar-refractivity contribution in [2.24, 2.45) is 0 Å². The van der Waals surface area contributed by atoms with Crippen molar-refractivity contribution < 1.29 is 58.9 Å². The molecule has 0 aliphatic carbocycles. The van der Waals surface area contributed by atoms with Crippen LogP contribution in [0.5, 0.6) is 0 Å². The first-order chi connectivity index (χ1) is 16.2. The number of H-pyrrole nitrogens is 1. The minimum absolute atomic E-state index is 0. The molecule has 3 aromatic rings. The van der Waals surface area contributed by atoms with Gasteiger partial charge in [0, 0.05) is 17.2 Å². The molecule has 0 radical (unpaired) electrons. The van der Waals surface area contributed by atoms with Crippen molar-refractivity contribution in [3.63, 3.8) is 0 Å². The predicted molar refractivity (Wildman–Crippen MR) is 114 cm³/mol. The van der Waals surface area contributed by atoms with E-state index in [4.69, 9.17) is 10.8 Å². The van der Waals surface area contributed by atoms with Crippen LogP contribution in [-0.2, 0) is 20.9 Å². The largest absolute Gasteiger partial charge is 1.00 e. The summed E-state index contributed by atoms with van der Waals surface area (Å²) >= 11 is 0. The standard InChI is InChI=1S/C20H19N7O7.Na/c21-20-25-16-15(18(32)26-20)23-11(7-22-16)8-27(9-28)12-3-1-10(2-4-12)17(31)24-13(19(33)34)5-6-14(29)30;/h1-4,7,9,13H,5-6,8H2,(H,24,31)(H,29,30)(H,33,34)(H3,21,22,25,26,32);/q;+1/p-1/t13-;/m0./s1. The Morgan fingerprint density at radius 2 is 1.91 bits per heavy atom. The molecule has 15 heteroatoms. The summed E-state index contributed by atoms with van der Waals surface area (Å²) in [5.41, 5.74) is 5.66. The van der Waals surface area contributed by atoms with E-state index >= 15 is 0 Å². The topological polar surface area (TPSA) is 224 Å². The third-order valence-corrected chi connectivity index (χ3v) is 4.65. The number of anilines is 2. The van der Waals surface area contributed by atoms with Gasteiger partial charge in [-0.25, -0.2) is 14.8 Å². The monoisotopic (exact) mass is 491 g/mol. The Hall–Kier alpha value is -3.88. The Balaban J connectivity index is 0.00000432. The molecule has 2 amide bonds. The second kappa shape index (κ2) is 12.0. The summed E-state index contributed by atoms with van der Waals surface area (Å²) in [5.74, 6) is -3.65. The van der Waals surface area contributed by atoms with Crippen molar-refractivity contribution in [3.05, 3.63) is 52.1 Å². The Labute approximate surface area is 218 Å². The molecule has 2 heterocycles. The molecule has 1 atom stereocenters. The van der Waals surface area contributed by atoms with Crippen LogP contribution in [0.15, 0.2) is 35.3 Å². The molecule has 0 aliphatic rings. The number of nitrogens with zero attached hydrogens (tertiary/aromatic N) is 4. The predicted octanol–water partition coefficient (Wildman–Crippen LogP) is -4.82. The molecule has 0 saturated carbocycles. The smallest absolute Gasteiger partial charge is 0.550 e. The summed E-state index contributed by atoms with van der Waals surface area (Å²) in [6.45, 7) is -0.0495. The fourth-order valence-corrected chi connectivity index (χ4v) is 2.98. The molecule has 1 aromatic carbocycles. The summed E-state index contributed by atoms with van der Waals surface area (Å²) in [6, 6.07) is 4.22. The first-order valence-corrected chi connectivity index (χ1v) is 9.75. The zero-order valence-corrected chi connectivity index (χ0v) is 20.4. The molecule has 0 fully saturated rings. The molecule has 2 aromatic heterocycles. The third-order valence-electron chi connectivity index (χ3n) is 4.65. The summed E-state index contributed by atoms with van der Waals surface area (Å²) in [6.07, 6.45) is 0.994. The maximum Gasteiger partial charge on any atom is 1.00 e. The maximum absolute atomic E-state index is 12.3. The molecular formula is C20H18N7NaO7. The molecule has 0 saturated heterocycles. The van der Waals surface area contributed by atoms with E-state index in [1.807, 2.05) is 0 Å².